The third-order valence-corrected chi connectivity index (χ3v) is 2.42. The van der Waals surface area contributed by atoms with Gasteiger partial charge in [-0.3, -0.25) is 0 Å². The molecule has 2 aromatic rings. The topological polar surface area (TPSA) is 58.0 Å². The summed E-state index contributed by atoms with van der Waals surface area (Å²) < 4.78 is 0. The lowest BCUT2D eigenvalue weighted by Gasteiger charge is -2.07. The molecule has 0 spiro atoms. The Hall–Kier alpha value is -1.81. The number of para-hydroxylation sites is 1. The van der Waals surface area contributed by atoms with Gasteiger partial charge < -0.3 is 10.4 Å². The van der Waals surface area contributed by atoms with Crippen LogP contribution in [-0.4, -0.2) is 15.1 Å². The van der Waals surface area contributed by atoms with Crippen LogP contribution in [0.15, 0.2) is 36.9 Å². The van der Waals surface area contributed by atoms with Gasteiger partial charge in [0.1, 0.15) is 12.1 Å². The molecule has 2 N–H and O–H groups in total. The molecular formula is C11H10ClN3O. The number of hydrogen-bond acceptors (Lipinski definition) is 4. The fourth-order valence-electron chi connectivity index (χ4n) is 1.29. The van der Waals surface area contributed by atoms with Crippen molar-refractivity contribution in [1.82, 2.24) is 9.97 Å². The van der Waals surface area contributed by atoms with Crippen LogP contribution in [-0.2, 0) is 6.54 Å². The maximum absolute atomic E-state index is 9.67. The van der Waals surface area contributed by atoms with Crippen LogP contribution < -0.4 is 5.32 Å². The van der Waals surface area contributed by atoms with E-state index >= 15 is 0 Å². The fourth-order valence-corrected chi connectivity index (χ4v) is 1.48. The number of aromatic hydroxyl groups is 1. The number of phenolic OH excluding ortho intramolecular Hbond substituents is 1. The molecule has 0 aliphatic carbocycles. The van der Waals surface area contributed by atoms with E-state index in [-0.39, 0.29) is 5.75 Å². The Labute approximate surface area is 97.9 Å². The van der Waals surface area contributed by atoms with Gasteiger partial charge in [-0.2, -0.15) is 0 Å². The smallest absolute Gasteiger partial charge is 0.139 e. The molecule has 0 saturated heterocycles. The molecular weight excluding hydrogens is 226 g/mol. The van der Waals surface area contributed by atoms with Crippen molar-refractivity contribution in [3.63, 3.8) is 0 Å². The number of rotatable bonds is 3. The summed E-state index contributed by atoms with van der Waals surface area (Å²) in [5.41, 5.74) is 1.53. The molecule has 1 aromatic heterocycles. The van der Waals surface area contributed by atoms with Crippen molar-refractivity contribution in [3.05, 3.63) is 47.5 Å². The van der Waals surface area contributed by atoms with E-state index in [1.807, 2.05) is 0 Å². The average Bonchev–Trinajstić information content (AvgIpc) is 2.32. The van der Waals surface area contributed by atoms with Crippen LogP contribution in [0.4, 0.5) is 5.69 Å². The maximum Gasteiger partial charge on any atom is 0.139 e. The van der Waals surface area contributed by atoms with E-state index in [0.717, 1.165) is 11.3 Å². The molecule has 0 saturated carbocycles. The highest BCUT2D eigenvalue weighted by atomic mass is 35.5. The van der Waals surface area contributed by atoms with E-state index in [1.54, 1.807) is 30.6 Å². The summed E-state index contributed by atoms with van der Waals surface area (Å²) in [5.74, 6) is 0.105. The van der Waals surface area contributed by atoms with Crippen molar-refractivity contribution in [1.29, 1.82) is 0 Å². The summed E-state index contributed by atoms with van der Waals surface area (Å²) in [5, 5.41) is 13.1. The van der Waals surface area contributed by atoms with Gasteiger partial charge in [-0.1, -0.05) is 23.7 Å². The second-order valence-electron chi connectivity index (χ2n) is 3.23. The molecule has 0 radical (unpaired) electrons. The molecule has 2 rings (SSSR count). The Morgan fingerprint density at radius 3 is 2.75 bits per heavy atom. The Kier molecular flexibility index (Phi) is 3.22. The Bertz CT molecular complexity index is 476. The average molecular weight is 236 g/mol. The zero-order valence-corrected chi connectivity index (χ0v) is 9.15. The van der Waals surface area contributed by atoms with Crippen molar-refractivity contribution < 1.29 is 5.11 Å². The summed E-state index contributed by atoms with van der Waals surface area (Å²) in [6, 6.07) is 5.24. The van der Waals surface area contributed by atoms with Crippen LogP contribution in [0.5, 0.6) is 5.75 Å². The second kappa shape index (κ2) is 4.81. The molecule has 82 valence electrons. The molecule has 0 atom stereocenters. The highest BCUT2D eigenvalue weighted by Gasteiger charge is 2.04. The zero-order chi connectivity index (χ0) is 11.4. The van der Waals surface area contributed by atoms with Crippen molar-refractivity contribution in [3.8, 4) is 5.75 Å². The van der Waals surface area contributed by atoms with Crippen LogP contribution in [0.25, 0.3) is 0 Å². The molecule has 16 heavy (non-hydrogen) atoms. The first-order chi connectivity index (χ1) is 7.77. The standard InChI is InChI=1S/C11H10ClN3O/c12-10-3-1-2-8(11(10)16)4-15-9-5-13-7-14-6-9/h1-3,5-7,15-16H,4H2. The SMILES string of the molecule is Oc1c(Cl)cccc1CNc1cncnc1. The van der Waals surface area contributed by atoms with Gasteiger partial charge in [0.15, 0.2) is 0 Å². The second-order valence-corrected chi connectivity index (χ2v) is 3.64. The summed E-state index contributed by atoms with van der Waals surface area (Å²) in [6.45, 7) is 0.472. The highest BCUT2D eigenvalue weighted by Crippen LogP contribution is 2.27. The first kappa shape index (κ1) is 10.7. The van der Waals surface area contributed by atoms with E-state index in [4.69, 9.17) is 11.6 Å². The number of hydrogen-bond donors (Lipinski definition) is 2. The molecule has 0 aliphatic heterocycles. The van der Waals surface area contributed by atoms with Gasteiger partial charge in [-0.25, -0.2) is 9.97 Å². The van der Waals surface area contributed by atoms with Crippen LogP contribution in [0.2, 0.25) is 5.02 Å². The number of phenols is 1. The quantitative estimate of drug-likeness (QED) is 0.858. The van der Waals surface area contributed by atoms with Gasteiger partial charge >= 0.3 is 0 Å². The van der Waals surface area contributed by atoms with E-state index in [1.165, 1.54) is 6.33 Å². The lowest BCUT2D eigenvalue weighted by Crippen LogP contribution is -2.00. The van der Waals surface area contributed by atoms with Gasteiger partial charge in [0.2, 0.25) is 0 Å². The molecule has 0 bridgehead atoms. The minimum Gasteiger partial charge on any atom is -0.506 e. The fraction of sp³-hybridized carbons (Fsp3) is 0.0909. The van der Waals surface area contributed by atoms with E-state index in [2.05, 4.69) is 15.3 Å². The van der Waals surface area contributed by atoms with E-state index in [9.17, 15) is 5.11 Å². The largest absolute Gasteiger partial charge is 0.506 e. The maximum atomic E-state index is 9.67. The third kappa shape index (κ3) is 2.41. The van der Waals surface area contributed by atoms with Crippen molar-refractivity contribution in [2.45, 2.75) is 6.54 Å². The van der Waals surface area contributed by atoms with E-state index < -0.39 is 0 Å². The zero-order valence-electron chi connectivity index (χ0n) is 8.39. The van der Waals surface area contributed by atoms with Gasteiger partial charge in [-0.15, -0.1) is 0 Å². The lowest BCUT2D eigenvalue weighted by atomic mass is 10.2. The van der Waals surface area contributed by atoms with Crippen LogP contribution >= 0.6 is 11.6 Å². The monoisotopic (exact) mass is 235 g/mol. The van der Waals surface area contributed by atoms with Crippen molar-refractivity contribution >= 4 is 17.3 Å². The molecule has 0 fully saturated rings. The van der Waals surface area contributed by atoms with Crippen molar-refractivity contribution in [2.24, 2.45) is 0 Å². The first-order valence-electron chi connectivity index (χ1n) is 4.72. The molecule has 4 nitrogen and oxygen atoms in total. The lowest BCUT2D eigenvalue weighted by molar-refractivity contribution is 0.469. The molecule has 0 aliphatic rings. The third-order valence-electron chi connectivity index (χ3n) is 2.11. The Morgan fingerprint density at radius 2 is 2.00 bits per heavy atom. The van der Waals surface area contributed by atoms with Crippen molar-refractivity contribution in [2.75, 3.05) is 5.32 Å². The Morgan fingerprint density at radius 1 is 1.25 bits per heavy atom. The number of benzene rings is 1. The predicted octanol–water partition coefficient (Wildman–Crippen LogP) is 2.45. The summed E-state index contributed by atoms with van der Waals surface area (Å²) >= 11 is 5.79. The molecule has 0 amide bonds. The van der Waals surface area contributed by atoms with Gasteiger partial charge in [0, 0.05) is 12.1 Å². The van der Waals surface area contributed by atoms with Crippen LogP contribution in [0, 0.1) is 0 Å². The predicted molar refractivity (Wildman–Crippen MR) is 62.5 cm³/mol. The molecule has 5 heteroatoms. The summed E-state index contributed by atoms with van der Waals surface area (Å²) in [7, 11) is 0. The number of aromatic nitrogens is 2. The molecule has 1 aromatic carbocycles. The summed E-state index contributed by atoms with van der Waals surface area (Å²) in [4.78, 5) is 7.75. The highest BCUT2D eigenvalue weighted by molar-refractivity contribution is 6.32. The summed E-state index contributed by atoms with van der Waals surface area (Å²) in [6.07, 6.45) is 4.78. The number of halogens is 1. The van der Waals surface area contributed by atoms with Crippen LogP contribution in [0.1, 0.15) is 5.56 Å². The number of anilines is 1. The molecule has 0 unspecified atom stereocenters. The minimum atomic E-state index is 0.105. The minimum absolute atomic E-state index is 0.105. The van der Waals surface area contributed by atoms with Gasteiger partial charge in [-0.05, 0) is 6.07 Å². The number of nitrogens with zero attached hydrogens (tertiary/aromatic N) is 2. The van der Waals surface area contributed by atoms with Gasteiger partial charge in [0.25, 0.3) is 0 Å². The Balaban J connectivity index is 2.08. The normalized spacial score (nSPS) is 10.1. The van der Waals surface area contributed by atoms with Crippen LogP contribution in [0.3, 0.4) is 0 Å². The van der Waals surface area contributed by atoms with E-state index in [0.29, 0.717) is 11.6 Å². The number of nitrogens with one attached hydrogen (secondary N) is 1. The first-order valence-corrected chi connectivity index (χ1v) is 5.10. The van der Waals surface area contributed by atoms with Gasteiger partial charge in [0.05, 0.1) is 23.1 Å². The molecule has 1 heterocycles.